The normalized spacial score (nSPS) is 14.6. The van der Waals surface area contributed by atoms with Crippen LogP contribution in [0.1, 0.15) is 28.9 Å². The van der Waals surface area contributed by atoms with Gasteiger partial charge in [0.15, 0.2) is 22.7 Å². The van der Waals surface area contributed by atoms with Gasteiger partial charge < -0.3 is 9.88 Å². The Morgan fingerprint density at radius 3 is 2.66 bits per heavy atom. The molecule has 3 N–H and O–H groups in total. The number of nitrogens with zero attached hydrogens (tertiary/aromatic N) is 5. The molecule has 32 heavy (non-hydrogen) atoms. The van der Waals surface area contributed by atoms with E-state index in [2.05, 4.69) is 64.6 Å². The van der Waals surface area contributed by atoms with Gasteiger partial charge in [0.2, 0.25) is 5.95 Å². The predicted octanol–water partition coefficient (Wildman–Crippen LogP) is 2.15. The molecular weight excluding hydrogens is 408 g/mol. The lowest BCUT2D eigenvalue weighted by molar-refractivity contribution is 0.102. The SMILES string of the molecule is O=C(Nc1nc2nc[nH]c2c(=O)[nH]1)c1ccc(N2CCC(Cc3ccccc3)CC2)nn1. The third kappa shape index (κ3) is 4.20. The van der Waals surface area contributed by atoms with E-state index in [0.29, 0.717) is 5.92 Å². The van der Waals surface area contributed by atoms with E-state index in [0.717, 1.165) is 38.2 Å². The van der Waals surface area contributed by atoms with Crippen molar-refractivity contribution in [1.29, 1.82) is 0 Å². The molecule has 10 nitrogen and oxygen atoms in total. The molecule has 1 aliphatic rings. The number of rotatable bonds is 5. The number of anilines is 2. The molecule has 4 heterocycles. The van der Waals surface area contributed by atoms with Gasteiger partial charge in [0.05, 0.1) is 6.33 Å². The zero-order chi connectivity index (χ0) is 21.9. The lowest BCUT2D eigenvalue weighted by Crippen LogP contribution is -2.35. The zero-order valence-electron chi connectivity index (χ0n) is 17.3. The highest BCUT2D eigenvalue weighted by molar-refractivity contribution is 6.02. The molecule has 0 atom stereocenters. The van der Waals surface area contributed by atoms with E-state index in [1.165, 1.54) is 11.9 Å². The zero-order valence-corrected chi connectivity index (χ0v) is 17.3. The summed E-state index contributed by atoms with van der Waals surface area (Å²) in [5.41, 5.74) is 1.57. The van der Waals surface area contributed by atoms with Crippen LogP contribution < -0.4 is 15.8 Å². The van der Waals surface area contributed by atoms with Crippen molar-refractivity contribution in [3.63, 3.8) is 0 Å². The first-order chi connectivity index (χ1) is 15.7. The molecule has 3 aromatic heterocycles. The number of benzene rings is 1. The van der Waals surface area contributed by atoms with Crippen LogP contribution in [0.5, 0.6) is 0 Å². The van der Waals surface area contributed by atoms with E-state index in [1.54, 1.807) is 12.1 Å². The van der Waals surface area contributed by atoms with Crippen molar-refractivity contribution in [2.45, 2.75) is 19.3 Å². The maximum atomic E-state index is 12.5. The van der Waals surface area contributed by atoms with Crippen LogP contribution in [0.4, 0.5) is 11.8 Å². The third-order valence-corrected chi connectivity index (χ3v) is 5.72. The molecule has 0 radical (unpaired) electrons. The molecule has 1 fully saturated rings. The number of amides is 1. The van der Waals surface area contributed by atoms with Gasteiger partial charge in [-0.15, -0.1) is 10.2 Å². The topological polar surface area (TPSA) is 133 Å². The Kier molecular flexibility index (Phi) is 5.32. The van der Waals surface area contributed by atoms with E-state index in [4.69, 9.17) is 0 Å². The van der Waals surface area contributed by atoms with Gasteiger partial charge in [0.1, 0.15) is 0 Å². The molecule has 0 bridgehead atoms. The Balaban J connectivity index is 1.19. The highest BCUT2D eigenvalue weighted by Gasteiger charge is 2.21. The molecule has 0 aliphatic carbocycles. The van der Waals surface area contributed by atoms with Crippen LogP contribution in [-0.2, 0) is 6.42 Å². The first-order valence-electron chi connectivity index (χ1n) is 10.5. The lowest BCUT2D eigenvalue weighted by atomic mass is 9.90. The monoisotopic (exact) mass is 430 g/mol. The summed E-state index contributed by atoms with van der Waals surface area (Å²) in [4.78, 5) is 39.9. The number of fused-ring (bicyclic) bond motifs is 1. The van der Waals surface area contributed by atoms with Gasteiger partial charge in [-0.1, -0.05) is 30.3 Å². The largest absolute Gasteiger partial charge is 0.355 e. The van der Waals surface area contributed by atoms with Crippen molar-refractivity contribution in [1.82, 2.24) is 30.1 Å². The van der Waals surface area contributed by atoms with Crippen LogP contribution >= 0.6 is 0 Å². The Labute approximate surface area is 183 Å². The summed E-state index contributed by atoms with van der Waals surface area (Å²) < 4.78 is 0. The number of nitrogens with one attached hydrogen (secondary N) is 3. The highest BCUT2D eigenvalue weighted by atomic mass is 16.2. The molecule has 5 rings (SSSR count). The second kappa shape index (κ2) is 8.58. The van der Waals surface area contributed by atoms with E-state index < -0.39 is 11.5 Å². The molecule has 1 aliphatic heterocycles. The highest BCUT2D eigenvalue weighted by Crippen LogP contribution is 2.24. The average molecular weight is 430 g/mol. The molecule has 1 aromatic carbocycles. The Morgan fingerprint density at radius 1 is 1.09 bits per heavy atom. The third-order valence-electron chi connectivity index (χ3n) is 5.72. The van der Waals surface area contributed by atoms with Gasteiger partial charge in [0.25, 0.3) is 11.5 Å². The molecular formula is C22H22N8O2. The number of imidazole rings is 1. The summed E-state index contributed by atoms with van der Waals surface area (Å²) in [7, 11) is 0. The fraction of sp³-hybridized carbons (Fsp3) is 0.273. The summed E-state index contributed by atoms with van der Waals surface area (Å²) in [6, 6.07) is 14.0. The standard InChI is InChI=1S/C22H22N8O2/c31-20(26-22-25-19-18(21(32)27-22)23-13-24-19)16-6-7-17(29-28-16)30-10-8-15(9-11-30)12-14-4-2-1-3-5-14/h1-7,13,15H,8-12H2,(H3,23,24,25,26,27,31,32). The fourth-order valence-electron chi connectivity index (χ4n) is 4.00. The number of H-pyrrole nitrogens is 2. The molecule has 0 saturated carbocycles. The molecule has 1 amide bonds. The van der Waals surface area contributed by atoms with E-state index in [9.17, 15) is 9.59 Å². The van der Waals surface area contributed by atoms with Crippen molar-refractivity contribution < 1.29 is 4.79 Å². The summed E-state index contributed by atoms with van der Waals surface area (Å²) in [6.07, 6.45) is 4.65. The number of aromatic nitrogens is 6. The van der Waals surface area contributed by atoms with Crippen molar-refractivity contribution in [3.05, 3.63) is 70.4 Å². The predicted molar refractivity (Wildman–Crippen MR) is 120 cm³/mol. The number of piperidine rings is 1. The van der Waals surface area contributed by atoms with E-state index >= 15 is 0 Å². The van der Waals surface area contributed by atoms with Crippen LogP contribution in [0, 0.1) is 5.92 Å². The lowest BCUT2D eigenvalue weighted by Gasteiger charge is -2.32. The minimum Gasteiger partial charge on any atom is -0.355 e. The van der Waals surface area contributed by atoms with E-state index in [-0.39, 0.29) is 22.8 Å². The summed E-state index contributed by atoms with van der Waals surface area (Å²) >= 11 is 0. The minimum absolute atomic E-state index is 0.00552. The van der Waals surface area contributed by atoms with Crippen LogP contribution in [0.15, 0.2) is 53.6 Å². The molecule has 4 aromatic rings. The molecule has 1 saturated heterocycles. The minimum atomic E-state index is -0.511. The van der Waals surface area contributed by atoms with Gasteiger partial charge in [-0.3, -0.25) is 19.9 Å². The van der Waals surface area contributed by atoms with Crippen molar-refractivity contribution in [2.24, 2.45) is 5.92 Å². The van der Waals surface area contributed by atoms with Gasteiger partial charge in [0, 0.05) is 13.1 Å². The summed E-state index contributed by atoms with van der Waals surface area (Å²) in [5.74, 6) is 0.909. The second-order valence-corrected chi connectivity index (χ2v) is 7.87. The first kappa shape index (κ1) is 19.9. The Hall–Kier alpha value is -4.08. The number of carbonyl (C=O) groups excluding carboxylic acids is 1. The summed E-state index contributed by atoms with van der Waals surface area (Å²) in [5, 5.41) is 10.8. The van der Waals surface area contributed by atoms with Crippen molar-refractivity contribution in [3.8, 4) is 0 Å². The number of aromatic amines is 2. The first-order valence-corrected chi connectivity index (χ1v) is 10.5. The van der Waals surface area contributed by atoms with Crippen molar-refractivity contribution >= 4 is 28.8 Å². The molecule has 10 heteroatoms. The molecule has 162 valence electrons. The van der Waals surface area contributed by atoms with Crippen molar-refractivity contribution in [2.75, 3.05) is 23.3 Å². The number of carbonyl (C=O) groups is 1. The van der Waals surface area contributed by atoms with Gasteiger partial charge in [-0.25, -0.2) is 4.98 Å². The van der Waals surface area contributed by atoms with Crippen LogP contribution in [0.3, 0.4) is 0 Å². The Morgan fingerprint density at radius 2 is 1.91 bits per heavy atom. The number of hydrogen-bond donors (Lipinski definition) is 3. The Bertz CT molecular complexity index is 1270. The maximum absolute atomic E-state index is 12.5. The van der Waals surface area contributed by atoms with Gasteiger partial charge >= 0.3 is 0 Å². The molecule has 0 unspecified atom stereocenters. The maximum Gasteiger partial charge on any atom is 0.278 e. The fourth-order valence-corrected chi connectivity index (χ4v) is 4.00. The second-order valence-electron chi connectivity index (χ2n) is 7.87. The summed E-state index contributed by atoms with van der Waals surface area (Å²) in [6.45, 7) is 1.82. The van der Waals surface area contributed by atoms with Gasteiger partial charge in [-0.05, 0) is 42.9 Å². The molecule has 0 spiro atoms. The quantitative estimate of drug-likeness (QED) is 0.442. The van der Waals surface area contributed by atoms with E-state index in [1.807, 2.05) is 6.07 Å². The number of hydrogen-bond acceptors (Lipinski definition) is 7. The van der Waals surface area contributed by atoms with Crippen LogP contribution in [0.25, 0.3) is 11.2 Å². The smallest absolute Gasteiger partial charge is 0.278 e. The van der Waals surface area contributed by atoms with Crippen LogP contribution in [-0.4, -0.2) is 49.1 Å². The van der Waals surface area contributed by atoms with Gasteiger partial charge in [-0.2, -0.15) is 4.98 Å². The van der Waals surface area contributed by atoms with Crippen LogP contribution in [0.2, 0.25) is 0 Å². The average Bonchev–Trinajstić information content (AvgIpc) is 3.30.